The van der Waals surface area contributed by atoms with Crippen molar-refractivity contribution in [1.29, 1.82) is 0 Å². The molecule has 9 rings (SSSR count). The second kappa shape index (κ2) is 9.77. The number of para-hydroxylation sites is 4. The molecule has 5 nitrogen and oxygen atoms in total. The maximum atomic E-state index is 8.18. The van der Waals surface area contributed by atoms with Crippen LogP contribution in [0.1, 0.15) is 31.8 Å². The van der Waals surface area contributed by atoms with Crippen molar-refractivity contribution in [3.63, 3.8) is 0 Å². The molecule has 6 aromatic rings. The molecular weight excluding hydrogens is 722 g/mol. The topological polar surface area (TPSA) is 17.9 Å². The largest absolute Gasteiger partial charge is 4.00 e. The SMILES string of the molecule is [2H]C([2H])([2H])N1C=CN(c2[c-]c3c(cc2)-n2c4ccccc4c4cccc(c42)C3(C)c2[c-]c(N3[CH-]N(C([2H])([2H])[2H])c4ccccc43)ccc2)[CH-]1.[Pt+4]. The Labute approximate surface area is 280 Å². The van der Waals surface area contributed by atoms with E-state index >= 15 is 0 Å². The van der Waals surface area contributed by atoms with Crippen LogP contribution in [0.5, 0.6) is 0 Å². The van der Waals surface area contributed by atoms with Gasteiger partial charge in [-0.25, -0.2) is 0 Å². The van der Waals surface area contributed by atoms with E-state index in [4.69, 9.17) is 8.22 Å². The summed E-state index contributed by atoms with van der Waals surface area (Å²) in [5.74, 6) is 0. The van der Waals surface area contributed by atoms with Crippen molar-refractivity contribution in [3.8, 4) is 5.69 Å². The van der Waals surface area contributed by atoms with Gasteiger partial charge in [-0.1, -0.05) is 61.1 Å². The van der Waals surface area contributed by atoms with E-state index in [0.717, 1.165) is 49.9 Å². The molecule has 44 heavy (non-hydrogen) atoms. The molecule has 0 saturated carbocycles. The van der Waals surface area contributed by atoms with Crippen LogP contribution in [0.3, 0.4) is 0 Å². The van der Waals surface area contributed by atoms with Crippen LogP contribution in [0.4, 0.5) is 22.7 Å². The minimum absolute atomic E-state index is 0. The Hall–Kier alpha value is -4.47. The number of hydrogen-bond acceptors (Lipinski definition) is 4. The van der Waals surface area contributed by atoms with E-state index in [9.17, 15) is 0 Å². The second-order valence-corrected chi connectivity index (χ2v) is 11.3. The number of benzene rings is 5. The first-order valence-electron chi connectivity index (χ1n) is 17.2. The number of anilines is 4. The van der Waals surface area contributed by atoms with Crippen LogP contribution in [0, 0.1) is 25.5 Å². The van der Waals surface area contributed by atoms with Gasteiger partial charge in [0, 0.05) is 46.8 Å². The normalized spacial score (nSPS) is 20.8. The molecule has 3 aliphatic rings. The predicted molar refractivity (Wildman–Crippen MR) is 175 cm³/mol. The van der Waals surface area contributed by atoms with E-state index in [1.807, 2.05) is 53.4 Å². The molecular formula is C38H29N5Pt. The summed E-state index contributed by atoms with van der Waals surface area (Å²) in [5.41, 5.74) is 8.03. The van der Waals surface area contributed by atoms with Gasteiger partial charge in [0.15, 0.2) is 0 Å². The molecule has 5 aromatic carbocycles. The summed E-state index contributed by atoms with van der Waals surface area (Å²) in [6.45, 7) is 0.706. The third-order valence-electron chi connectivity index (χ3n) is 9.01. The number of hydrogen-bond donors (Lipinski definition) is 0. The summed E-state index contributed by atoms with van der Waals surface area (Å²) in [4.78, 5) is 6.18. The van der Waals surface area contributed by atoms with Crippen LogP contribution < -0.4 is 14.7 Å². The Morgan fingerprint density at radius 3 is 2.39 bits per heavy atom. The molecule has 0 saturated heterocycles. The van der Waals surface area contributed by atoms with Gasteiger partial charge in [-0.3, -0.25) is 0 Å². The molecule has 4 heterocycles. The third kappa shape index (κ3) is 3.63. The number of rotatable bonds is 3. The van der Waals surface area contributed by atoms with Gasteiger partial charge < -0.3 is 24.2 Å². The van der Waals surface area contributed by atoms with E-state index < -0.39 is 19.4 Å². The van der Waals surface area contributed by atoms with Gasteiger partial charge in [0.05, 0.1) is 0 Å². The quantitative estimate of drug-likeness (QED) is 0.170. The maximum Gasteiger partial charge on any atom is 4.00 e. The zero-order valence-corrected chi connectivity index (χ0v) is 25.9. The summed E-state index contributed by atoms with van der Waals surface area (Å²) in [6, 6.07) is 39.8. The molecule has 1 unspecified atom stereocenters. The monoisotopic (exact) mass is 756 g/mol. The summed E-state index contributed by atoms with van der Waals surface area (Å²) < 4.78 is 50.5. The molecule has 1 aromatic heterocycles. The average molecular weight is 757 g/mol. The molecule has 0 bridgehead atoms. The van der Waals surface area contributed by atoms with E-state index in [1.165, 1.54) is 9.80 Å². The fourth-order valence-electron chi connectivity index (χ4n) is 6.97. The molecule has 0 amide bonds. The van der Waals surface area contributed by atoms with Gasteiger partial charge in [-0.15, -0.1) is 34.6 Å². The van der Waals surface area contributed by atoms with Crippen molar-refractivity contribution < 1.29 is 29.3 Å². The van der Waals surface area contributed by atoms with Crippen molar-refractivity contribution in [2.24, 2.45) is 0 Å². The molecule has 6 heteroatoms. The van der Waals surface area contributed by atoms with E-state index in [-0.39, 0.29) is 21.1 Å². The Bertz CT molecular complexity index is 2350. The smallest absolute Gasteiger partial charge is 0.510 e. The first kappa shape index (κ1) is 21.3. The summed E-state index contributed by atoms with van der Waals surface area (Å²) >= 11 is 0. The third-order valence-corrected chi connectivity index (χ3v) is 9.01. The Balaban J connectivity index is 0.00000361. The van der Waals surface area contributed by atoms with Crippen LogP contribution in [0.15, 0.2) is 109 Å². The zero-order chi connectivity index (χ0) is 33.9. The molecule has 0 aliphatic carbocycles. The molecule has 0 fully saturated rings. The zero-order valence-electron chi connectivity index (χ0n) is 29.6. The molecule has 0 spiro atoms. The van der Waals surface area contributed by atoms with Gasteiger partial charge in [-0.05, 0) is 50.1 Å². The van der Waals surface area contributed by atoms with E-state index in [0.29, 0.717) is 17.1 Å². The van der Waals surface area contributed by atoms with Crippen LogP contribution >= 0.6 is 0 Å². The summed E-state index contributed by atoms with van der Waals surface area (Å²) in [6.07, 6.45) is 3.27. The van der Waals surface area contributed by atoms with Crippen molar-refractivity contribution in [1.82, 2.24) is 9.47 Å². The standard InChI is InChI=1S/C38H29N5.Pt/c1-38(26-10-8-11-28(22-26)42-25-40(3)35-16-6-7-17-36(35)42)31-14-9-13-30-29-12-4-5-15-33(29)43(37(30)31)34-19-18-27(23-32(34)38)41-21-20-39(2)24-41;/h4-21,24-25H,1-3H3;/q-4;+4/i2D3,3D3;. The van der Waals surface area contributed by atoms with Crippen LogP contribution in [0.2, 0.25) is 0 Å². The van der Waals surface area contributed by atoms with Crippen molar-refractivity contribution in [3.05, 3.63) is 152 Å². The van der Waals surface area contributed by atoms with Crippen LogP contribution in [-0.2, 0) is 26.5 Å². The van der Waals surface area contributed by atoms with Crippen molar-refractivity contribution in [2.75, 3.05) is 28.7 Å². The summed E-state index contributed by atoms with van der Waals surface area (Å²) in [5, 5.41) is 2.29. The number of fused-ring (bicyclic) bond motifs is 6. The second-order valence-electron chi connectivity index (χ2n) is 11.3. The van der Waals surface area contributed by atoms with Crippen molar-refractivity contribution in [2.45, 2.75) is 12.3 Å². The Morgan fingerprint density at radius 1 is 0.705 bits per heavy atom. The van der Waals surface area contributed by atoms with E-state index in [1.54, 1.807) is 30.6 Å². The van der Waals surface area contributed by atoms with Crippen LogP contribution in [-0.4, -0.2) is 23.4 Å². The van der Waals surface area contributed by atoms with Gasteiger partial charge in [0.1, 0.15) is 0 Å². The molecule has 1 atom stereocenters. The van der Waals surface area contributed by atoms with Gasteiger partial charge in [-0.2, -0.15) is 43.7 Å². The van der Waals surface area contributed by atoms with Gasteiger partial charge >= 0.3 is 21.1 Å². The molecule has 216 valence electrons. The van der Waals surface area contributed by atoms with Gasteiger partial charge in [0.2, 0.25) is 0 Å². The van der Waals surface area contributed by atoms with Gasteiger partial charge in [0.25, 0.3) is 0 Å². The number of nitrogens with zero attached hydrogens (tertiary/aromatic N) is 5. The fraction of sp³-hybridized carbons (Fsp3) is 0.105. The van der Waals surface area contributed by atoms with Crippen molar-refractivity contribution >= 4 is 44.6 Å². The fourth-order valence-corrected chi connectivity index (χ4v) is 6.97. The average Bonchev–Trinajstić information content (AvgIpc) is 3.82. The first-order chi connectivity index (χ1) is 23.4. The molecule has 0 N–H and O–H groups in total. The Morgan fingerprint density at radius 2 is 1.52 bits per heavy atom. The predicted octanol–water partition coefficient (Wildman–Crippen LogP) is 8.10. The van der Waals surface area contributed by atoms with E-state index in [2.05, 4.69) is 72.2 Å². The molecule has 0 radical (unpaired) electrons. The minimum Gasteiger partial charge on any atom is -0.510 e. The Kier molecular flexibility index (Phi) is 4.72. The minimum atomic E-state index is -2.36. The van der Waals surface area contributed by atoms with Crippen LogP contribution in [0.25, 0.3) is 27.5 Å². The summed E-state index contributed by atoms with van der Waals surface area (Å²) in [7, 11) is 0. The first-order valence-corrected chi connectivity index (χ1v) is 14.2. The maximum absolute atomic E-state index is 8.18. The number of aromatic nitrogens is 1. The molecule has 3 aliphatic heterocycles.